The highest BCUT2D eigenvalue weighted by Gasteiger charge is 2.23. The van der Waals surface area contributed by atoms with E-state index in [0.717, 1.165) is 25.4 Å². The van der Waals surface area contributed by atoms with Crippen molar-refractivity contribution < 1.29 is 9.47 Å². The number of nitrogens with two attached hydrogens (primary N) is 1. The molecule has 4 rings (SSSR count). The van der Waals surface area contributed by atoms with Crippen molar-refractivity contribution in [3.8, 4) is 5.75 Å². The number of nitrogen functional groups attached to an aromatic ring is 1. The lowest BCUT2D eigenvalue weighted by atomic mass is 10.1. The highest BCUT2D eigenvalue weighted by atomic mass is 32.1. The maximum atomic E-state index is 8.08. The van der Waals surface area contributed by atoms with Crippen LogP contribution >= 0.6 is 12.2 Å². The second kappa shape index (κ2) is 10.9. The Morgan fingerprint density at radius 2 is 1.97 bits per heavy atom. The highest BCUT2D eigenvalue weighted by Crippen LogP contribution is 2.22. The molecule has 0 bridgehead atoms. The molecule has 0 aliphatic carbocycles. The summed E-state index contributed by atoms with van der Waals surface area (Å²) in [6, 6.07) is 7.78. The van der Waals surface area contributed by atoms with Crippen LogP contribution in [0.1, 0.15) is 37.3 Å². The second-order valence-electron chi connectivity index (χ2n) is 8.32. The minimum absolute atomic E-state index is 0.0672. The fourth-order valence-corrected chi connectivity index (χ4v) is 4.43. The van der Waals surface area contributed by atoms with Crippen LogP contribution in [0.15, 0.2) is 24.3 Å². The van der Waals surface area contributed by atoms with Crippen LogP contribution in [-0.2, 0) is 11.3 Å². The topological polar surface area (TPSA) is 105 Å². The van der Waals surface area contributed by atoms with Gasteiger partial charge in [-0.15, -0.1) is 5.10 Å². The number of nitrogens with zero attached hydrogens (tertiary/aromatic N) is 5. The number of benzene rings is 1. The van der Waals surface area contributed by atoms with Crippen LogP contribution < -0.4 is 21.1 Å². The Balaban J connectivity index is 1.35. The van der Waals surface area contributed by atoms with Crippen molar-refractivity contribution in [2.45, 2.75) is 38.3 Å². The van der Waals surface area contributed by atoms with E-state index in [1.165, 1.54) is 37.9 Å². The monoisotopic (exact) mass is 458 g/mol. The largest absolute Gasteiger partial charge is 0.493 e. The first kappa shape index (κ1) is 22.8. The summed E-state index contributed by atoms with van der Waals surface area (Å²) in [4.78, 5) is 8.98. The molecule has 2 fully saturated rings. The Hall–Kier alpha value is -2.43. The van der Waals surface area contributed by atoms with Crippen molar-refractivity contribution >= 4 is 29.1 Å². The molecule has 10 heteroatoms. The molecule has 2 aromatic rings. The van der Waals surface area contributed by atoms with Crippen LogP contribution in [0.5, 0.6) is 5.75 Å². The molecule has 9 nitrogen and oxygen atoms in total. The predicted molar refractivity (Wildman–Crippen MR) is 128 cm³/mol. The summed E-state index contributed by atoms with van der Waals surface area (Å²) in [6.07, 6.45) is 4.39. The number of morpholine rings is 1. The third kappa shape index (κ3) is 5.87. The molecular weight excluding hydrogens is 426 g/mol. The maximum absolute atomic E-state index is 8.08. The smallest absolute Gasteiger partial charge is 0.246 e. The van der Waals surface area contributed by atoms with Crippen molar-refractivity contribution in [2.24, 2.45) is 0 Å². The number of ether oxygens (including phenoxy) is 2. The molecule has 3 N–H and O–H groups in total. The van der Waals surface area contributed by atoms with E-state index in [2.05, 4.69) is 27.1 Å². The summed E-state index contributed by atoms with van der Waals surface area (Å²) in [5.41, 5.74) is 15.5. The Labute approximate surface area is 194 Å². The Kier molecular flexibility index (Phi) is 7.77. The van der Waals surface area contributed by atoms with Gasteiger partial charge in [-0.25, -0.2) is 4.68 Å². The number of piperidine rings is 1. The fraction of sp³-hybridized carbons (Fsp3) is 0.591. The number of thiocarbonyl (C=S) groups is 1. The van der Waals surface area contributed by atoms with Crippen molar-refractivity contribution in [3.63, 3.8) is 0 Å². The van der Waals surface area contributed by atoms with E-state index in [1.54, 1.807) is 4.68 Å². The number of rotatable bonds is 9. The third-order valence-electron chi connectivity index (χ3n) is 5.95. The van der Waals surface area contributed by atoms with Gasteiger partial charge in [0.25, 0.3) is 0 Å². The lowest BCUT2D eigenvalue weighted by molar-refractivity contribution is 0.122. The molecule has 0 spiro atoms. The summed E-state index contributed by atoms with van der Waals surface area (Å²) in [6.45, 7) is 6.41. The number of hydrogen-bond donors (Lipinski definition) is 1. The third-order valence-corrected chi connectivity index (χ3v) is 6.22. The number of aromatic nitrogens is 3. The molecule has 1 aromatic carbocycles. The molecule has 1 atom stereocenters. The summed E-state index contributed by atoms with van der Waals surface area (Å²) >= 11 is 5.19. The number of likely N-dealkylation sites (tertiary alicyclic amines) is 1. The van der Waals surface area contributed by atoms with E-state index in [-0.39, 0.29) is 10.9 Å². The van der Waals surface area contributed by atoms with Crippen molar-refractivity contribution in [1.82, 2.24) is 25.4 Å². The molecule has 2 aliphatic rings. The second-order valence-corrected chi connectivity index (χ2v) is 8.76. The van der Waals surface area contributed by atoms with Crippen LogP contribution in [0.3, 0.4) is 0 Å². The van der Waals surface area contributed by atoms with E-state index in [9.17, 15) is 0 Å². The molecule has 2 aliphatic heterocycles. The lowest BCUT2D eigenvalue weighted by Gasteiger charge is -2.26. The van der Waals surface area contributed by atoms with E-state index >= 15 is 0 Å². The van der Waals surface area contributed by atoms with E-state index < -0.39 is 6.04 Å². The van der Waals surface area contributed by atoms with Crippen molar-refractivity contribution in [1.29, 1.82) is 0 Å². The predicted octanol–water partition coefficient (Wildman–Crippen LogP) is 2.30. The minimum Gasteiger partial charge on any atom is -0.493 e. The first-order valence-electron chi connectivity index (χ1n) is 11.3. The van der Waals surface area contributed by atoms with Gasteiger partial charge in [-0.1, -0.05) is 30.8 Å². The van der Waals surface area contributed by atoms with Gasteiger partial charge in [0.1, 0.15) is 16.8 Å². The van der Waals surface area contributed by atoms with E-state index in [1.807, 2.05) is 17.0 Å². The molecule has 0 saturated carbocycles. The SMILES string of the molecule is [NH]C(=S)C(CCOc1cccc(CN2CCCCC2)c1)n1nc(N2CCOCC2)nc1N. The first-order valence-corrected chi connectivity index (χ1v) is 11.8. The average Bonchev–Trinajstić information content (AvgIpc) is 3.19. The molecule has 2 saturated heterocycles. The molecule has 173 valence electrons. The van der Waals surface area contributed by atoms with Gasteiger partial charge < -0.3 is 20.1 Å². The van der Waals surface area contributed by atoms with Crippen LogP contribution in [0, 0.1) is 0 Å². The highest BCUT2D eigenvalue weighted by molar-refractivity contribution is 7.80. The summed E-state index contributed by atoms with van der Waals surface area (Å²) < 4.78 is 12.9. The normalized spacial score (nSPS) is 18.4. The molecule has 32 heavy (non-hydrogen) atoms. The van der Waals surface area contributed by atoms with Crippen LogP contribution in [0.2, 0.25) is 0 Å². The molecule has 3 heterocycles. The summed E-state index contributed by atoms with van der Waals surface area (Å²) in [5.74, 6) is 1.64. The van der Waals surface area contributed by atoms with Gasteiger partial charge in [0.15, 0.2) is 0 Å². The van der Waals surface area contributed by atoms with Gasteiger partial charge in [0.05, 0.1) is 19.8 Å². The Bertz CT molecular complexity index is 894. The van der Waals surface area contributed by atoms with Crippen molar-refractivity contribution in [3.05, 3.63) is 29.8 Å². The van der Waals surface area contributed by atoms with Crippen LogP contribution in [0.25, 0.3) is 0 Å². The summed E-state index contributed by atoms with van der Waals surface area (Å²) in [7, 11) is 0. The standard InChI is InChI=1S/C22H32N7O2S/c23-20(32)19(29-21(24)25-22(26-29)28-10-13-30-14-11-28)7-12-31-18-6-4-5-17(15-18)16-27-8-2-1-3-9-27/h4-6,15,19,23H,1-3,7-14,16H2,(H2,24,25,26). The fourth-order valence-electron chi connectivity index (χ4n) is 4.21. The van der Waals surface area contributed by atoms with Gasteiger partial charge in [0.2, 0.25) is 11.9 Å². The molecule has 0 amide bonds. The summed E-state index contributed by atoms with van der Waals surface area (Å²) in [5, 5.41) is 4.54. The Morgan fingerprint density at radius 1 is 1.19 bits per heavy atom. The average molecular weight is 459 g/mol. The maximum Gasteiger partial charge on any atom is 0.246 e. The number of hydrogen-bond acceptors (Lipinski definition) is 8. The van der Waals surface area contributed by atoms with Crippen LogP contribution in [-0.4, -0.2) is 70.7 Å². The van der Waals surface area contributed by atoms with Gasteiger partial charge in [-0.05, 0) is 43.6 Å². The van der Waals surface area contributed by atoms with Gasteiger partial charge >= 0.3 is 0 Å². The van der Waals surface area contributed by atoms with Crippen LogP contribution in [0.4, 0.5) is 11.9 Å². The quantitative estimate of drug-likeness (QED) is 0.571. The first-order chi connectivity index (χ1) is 15.6. The number of anilines is 2. The molecule has 1 aromatic heterocycles. The van der Waals surface area contributed by atoms with E-state index in [0.29, 0.717) is 32.2 Å². The number of nitrogens with one attached hydrogen (secondary N) is 1. The van der Waals surface area contributed by atoms with Crippen molar-refractivity contribution in [2.75, 3.05) is 56.6 Å². The minimum atomic E-state index is -0.469. The lowest BCUT2D eigenvalue weighted by Crippen LogP contribution is -2.37. The van der Waals surface area contributed by atoms with Gasteiger partial charge in [-0.3, -0.25) is 10.6 Å². The Morgan fingerprint density at radius 3 is 2.72 bits per heavy atom. The zero-order chi connectivity index (χ0) is 22.3. The zero-order valence-electron chi connectivity index (χ0n) is 18.4. The molecule has 1 radical (unpaired) electrons. The molecule has 1 unspecified atom stereocenters. The molecular formula is C22H32N7O2S. The zero-order valence-corrected chi connectivity index (χ0v) is 19.2. The van der Waals surface area contributed by atoms with E-state index in [4.69, 9.17) is 33.2 Å². The van der Waals surface area contributed by atoms with Gasteiger partial charge in [0, 0.05) is 26.1 Å². The van der Waals surface area contributed by atoms with Gasteiger partial charge in [-0.2, -0.15) is 4.98 Å².